The largest absolute Gasteiger partial charge is 0.294 e. The Morgan fingerprint density at radius 2 is 2.21 bits per heavy atom. The van der Waals surface area contributed by atoms with Crippen LogP contribution in [0.4, 0.5) is 0 Å². The highest BCUT2D eigenvalue weighted by atomic mass is 32.2. The number of ketones is 1. The maximum absolute atomic E-state index is 11.6. The van der Waals surface area contributed by atoms with Gasteiger partial charge in [-0.05, 0) is 34.8 Å². The number of carbonyl (C=O) groups is 1. The third-order valence-electron chi connectivity index (χ3n) is 2.83. The SMILES string of the molecule is O=C1CSC2=C1Cc1ccsc1CC2. The summed E-state index contributed by atoms with van der Waals surface area (Å²) in [5, 5.41) is 2.14. The molecule has 0 fully saturated rings. The second kappa shape index (κ2) is 3.24. The number of Topliss-reactive ketones (excluding diaryl/α,β-unsaturated/α-hetero) is 1. The van der Waals surface area contributed by atoms with E-state index in [2.05, 4.69) is 11.4 Å². The minimum atomic E-state index is 0.365. The normalized spacial score (nSPS) is 20.7. The molecule has 0 atom stereocenters. The van der Waals surface area contributed by atoms with Crippen LogP contribution in [0.1, 0.15) is 16.9 Å². The molecule has 0 saturated heterocycles. The molecule has 14 heavy (non-hydrogen) atoms. The maximum Gasteiger partial charge on any atom is 0.170 e. The molecule has 0 aromatic carbocycles. The van der Waals surface area contributed by atoms with Crippen molar-refractivity contribution in [2.24, 2.45) is 0 Å². The minimum Gasteiger partial charge on any atom is -0.294 e. The van der Waals surface area contributed by atoms with Crippen LogP contribution in [0.5, 0.6) is 0 Å². The topological polar surface area (TPSA) is 17.1 Å². The Labute approximate surface area is 91.2 Å². The van der Waals surface area contributed by atoms with Gasteiger partial charge in [0, 0.05) is 16.9 Å². The van der Waals surface area contributed by atoms with Crippen LogP contribution in [0, 0.1) is 0 Å². The second-order valence-electron chi connectivity index (χ2n) is 3.66. The van der Waals surface area contributed by atoms with E-state index in [1.807, 2.05) is 11.3 Å². The number of hydrogen-bond donors (Lipinski definition) is 0. The average molecular weight is 222 g/mol. The van der Waals surface area contributed by atoms with Gasteiger partial charge in [0.1, 0.15) is 0 Å². The Kier molecular flexibility index (Phi) is 2.03. The lowest BCUT2D eigenvalue weighted by molar-refractivity contribution is -0.113. The van der Waals surface area contributed by atoms with Crippen molar-refractivity contribution in [2.75, 3.05) is 5.75 Å². The number of aryl methyl sites for hydroxylation is 1. The fourth-order valence-electron chi connectivity index (χ4n) is 2.06. The van der Waals surface area contributed by atoms with Crippen molar-refractivity contribution in [3.05, 3.63) is 32.4 Å². The van der Waals surface area contributed by atoms with Gasteiger partial charge in [0.2, 0.25) is 0 Å². The van der Waals surface area contributed by atoms with Gasteiger partial charge >= 0.3 is 0 Å². The van der Waals surface area contributed by atoms with Crippen LogP contribution in [0.3, 0.4) is 0 Å². The van der Waals surface area contributed by atoms with Gasteiger partial charge in [0.15, 0.2) is 5.78 Å². The number of carbonyl (C=O) groups excluding carboxylic acids is 1. The molecule has 1 aliphatic carbocycles. The number of fused-ring (bicyclic) bond motifs is 1. The summed E-state index contributed by atoms with van der Waals surface area (Å²) in [4.78, 5) is 14.5. The molecule has 0 unspecified atom stereocenters. The Bertz CT molecular complexity index is 428. The molecule has 0 N–H and O–H groups in total. The zero-order chi connectivity index (χ0) is 9.54. The Morgan fingerprint density at radius 3 is 3.14 bits per heavy atom. The molecular formula is C11H10OS2. The zero-order valence-electron chi connectivity index (χ0n) is 7.71. The smallest absolute Gasteiger partial charge is 0.170 e. The summed E-state index contributed by atoms with van der Waals surface area (Å²) in [6.45, 7) is 0. The van der Waals surface area contributed by atoms with Crippen LogP contribution in [0.25, 0.3) is 0 Å². The highest BCUT2D eigenvalue weighted by molar-refractivity contribution is 8.04. The summed E-state index contributed by atoms with van der Waals surface area (Å²) in [6, 6.07) is 2.17. The molecular weight excluding hydrogens is 212 g/mol. The number of hydrogen-bond acceptors (Lipinski definition) is 3. The van der Waals surface area contributed by atoms with Crippen molar-refractivity contribution in [3.8, 4) is 0 Å². The first-order valence-electron chi connectivity index (χ1n) is 4.78. The number of rotatable bonds is 0. The van der Waals surface area contributed by atoms with Crippen molar-refractivity contribution >= 4 is 28.9 Å². The van der Waals surface area contributed by atoms with Crippen molar-refractivity contribution in [1.29, 1.82) is 0 Å². The molecule has 72 valence electrons. The molecule has 0 spiro atoms. The first-order valence-corrected chi connectivity index (χ1v) is 6.64. The van der Waals surface area contributed by atoms with Gasteiger partial charge in [-0.1, -0.05) is 0 Å². The fourth-order valence-corrected chi connectivity index (χ4v) is 4.06. The number of thioether (sulfide) groups is 1. The van der Waals surface area contributed by atoms with Gasteiger partial charge < -0.3 is 0 Å². The van der Waals surface area contributed by atoms with Crippen LogP contribution in [-0.4, -0.2) is 11.5 Å². The first kappa shape index (κ1) is 8.74. The lowest BCUT2D eigenvalue weighted by atomic mass is 10.0. The maximum atomic E-state index is 11.6. The van der Waals surface area contributed by atoms with Gasteiger partial charge in [-0.2, -0.15) is 0 Å². The molecule has 1 aromatic rings. The monoisotopic (exact) mass is 222 g/mol. The summed E-state index contributed by atoms with van der Waals surface area (Å²) >= 11 is 3.59. The summed E-state index contributed by atoms with van der Waals surface area (Å²) < 4.78 is 0. The predicted octanol–water partition coefficient (Wildman–Crippen LogP) is 2.81. The molecule has 1 nitrogen and oxygen atoms in total. The first-order chi connectivity index (χ1) is 6.84. The van der Waals surface area contributed by atoms with E-state index in [0.717, 1.165) is 24.8 Å². The van der Waals surface area contributed by atoms with Gasteiger partial charge in [0.25, 0.3) is 0 Å². The van der Waals surface area contributed by atoms with Crippen molar-refractivity contribution in [2.45, 2.75) is 19.3 Å². The highest BCUT2D eigenvalue weighted by Gasteiger charge is 2.26. The highest BCUT2D eigenvalue weighted by Crippen LogP contribution is 2.38. The average Bonchev–Trinajstić information content (AvgIpc) is 2.71. The van der Waals surface area contributed by atoms with E-state index in [1.165, 1.54) is 15.3 Å². The van der Waals surface area contributed by atoms with Crippen LogP contribution in [-0.2, 0) is 17.6 Å². The molecule has 2 aliphatic rings. The van der Waals surface area contributed by atoms with Gasteiger partial charge in [-0.15, -0.1) is 23.1 Å². The lowest BCUT2D eigenvalue weighted by Crippen LogP contribution is -2.02. The summed E-state index contributed by atoms with van der Waals surface area (Å²) in [7, 11) is 0. The van der Waals surface area contributed by atoms with E-state index in [9.17, 15) is 4.79 Å². The summed E-state index contributed by atoms with van der Waals surface area (Å²) in [5.41, 5.74) is 2.49. The molecule has 3 heteroatoms. The van der Waals surface area contributed by atoms with E-state index in [1.54, 1.807) is 11.8 Å². The Hall–Kier alpha value is -0.540. The van der Waals surface area contributed by atoms with E-state index in [0.29, 0.717) is 11.5 Å². The molecule has 1 aliphatic heterocycles. The third kappa shape index (κ3) is 1.27. The van der Waals surface area contributed by atoms with Gasteiger partial charge in [-0.25, -0.2) is 0 Å². The Morgan fingerprint density at radius 1 is 1.29 bits per heavy atom. The molecule has 0 radical (unpaired) electrons. The van der Waals surface area contributed by atoms with E-state index >= 15 is 0 Å². The molecule has 0 saturated carbocycles. The lowest BCUT2D eigenvalue weighted by Gasteiger charge is -1.98. The second-order valence-corrected chi connectivity index (χ2v) is 5.73. The molecule has 2 heterocycles. The predicted molar refractivity (Wildman–Crippen MR) is 60.8 cm³/mol. The van der Waals surface area contributed by atoms with Crippen LogP contribution in [0.2, 0.25) is 0 Å². The standard InChI is InChI=1S/C11H10OS2/c12-9-6-14-11-2-1-10-7(3-4-13-10)5-8(9)11/h3-4H,1-2,5-6H2. The van der Waals surface area contributed by atoms with Gasteiger partial charge in [0.05, 0.1) is 5.75 Å². The minimum absolute atomic E-state index is 0.365. The quantitative estimate of drug-likeness (QED) is 0.671. The van der Waals surface area contributed by atoms with Crippen LogP contribution >= 0.6 is 23.1 Å². The van der Waals surface area contributed by atoms with Crippen molar-refractivity contribution in [3.63, 3.8) is 0 Å². The summed E-state index contributed by atoms with van der Waals surface area (Å²) in [6.07, 6.45) is 3.10. The zero-order valence-corrected chi connectivity index (χ0v) is 9.34. The number of allylic oxidation sites excluding steroid dienone is 2. The van der Waals surface area contributed by atoms with Crippen LogP contribution in [0.15, 0.2) is 21.9 Å². The number of thiophene rings is 1. The van der Waals surface area contributed by atoms with E-state index < -0.39 is 0 Å². The Balaban J connectivity index is 2.03. The van der Waals surface area contributed by atoms with E-state index in [-0.39, 0.29) is 0 Å². The summed E-state index contributed by atoms with van der Waals surface area (Å²) in [5.74, 6) is 1.05. The van der Waals surface area contributed by atoms with Crippen molar-refractivity contribution < 1.29 is 4.79 Å². The molecule has 3 rings (SSSR count). The fraction of sp³-hybridized carbons (Fsp3) is 0.364. The van der Waals surface area contributed by atoms with E-state index in [4.69, 9.17) is 0 Å². The van der Waals surface area contributed by atoms with Gasteiger partial charge in [-0.3, -0.25) is 4.79 Å². The molecule has 0 bridgehead atoms. The third-order valence-corrected chi connectivity index (χ3v) is 5.06. The molecule has 1 aromatic heterocycles. The molecule has 0 amide bonds. The van der Waals surface area contributed by atoms with Crippen LogP contribution < -0.4 is 0 Å². The van der Waals surface area contributed by atoms with Crippen molar-refractivity contribution in [1.82, 2.24) is 0 Å².